The van der Waals surface area contributed by atoms with Crippen LogP contribution in [0.2, 0.25) is 0 Å². The van der Waals surface area contributed by atoms with Crippen molar-refractivity contribution in [1.82, 2.24) is 10.2 Å². The van der Waals surface area contributed by atoms with Gasteiger partial charge in [0.2, 0.25) is 17.7 Å². The number of nitrogens with zero attached hydrogens (tertiary/aromatic N) is 2. The average Bonchev–Trinajstić information content (AvgIpc) is 3.23. The molecule has 1 aromatic carbocycles. The van der Waals surface area contributed by atoms with E-state index in [0.29, 0.717) is 50.9 Å². The quantitative estimate of drug-likeness (QED) is 0.757. The van der Waals surface area contributed by atoms with E-state index in [2.05, 4.69) is 5.32 Å². The number of piperidine rings is 1. The molecule has 1 aromatic rings. The molecule has 3 heterocycles. The third-order valence-corrected chi connectivity index (χ3v) is 5.84. The van der Waals surface area contributed by atoms with Crippen LogP contribution in [0.15, 0.2) is 18.2 Å². The summed E-state index contributed by atoms with van der Waals surface area (Å²) >= 11 is 0. The fraction of sp³-hybridized carbons (Fsp3) is 0.474. The molecule has 2 fully saturated rings. The van der Waals surface area contributed by atoms with Gasteiger partial charge in [-0.05, 0) is 37.0 Å². The van der Waals surface area contributed by atoms with Gasteiger partial charge in [0, 0.05) is 44.2 Å². The van der Waals surface area contributed by atoms with E-state index < -0.39 is 5.41 Å². The van der Waals surface area contributed by atoms with Crippen LogP contribution in [0.4, 0.5) is 5.69 Å². The van der Waals surface area contributed by atoms with Crippen molar-refractivity contribution >= 4 is 29.3 Å². The Morgan fingerprint density at radius 2 is 1.92 bits per heavy atom. The molecule has 1 N–H and O–H groups in total. The fourth-order valence-electron chi connectivity index (χ4n) is 4.36. The van der Waals surface area contributed by atoms with Crippen LogP contribution in [0.3, 0.4) is 0 Å². The fourth-order valence-corrected chi connectivity index (χ4v) is 4.36. The van der Waals surface area contributed by atoms with Crippen LogP contribution in [0.5, 0.6) is 0 Å². The lowest BCUT2D eigenvalue weighted by atomic mass is 9.79. The van der Waals surface area contributed by atoms with Gasteiger partial charge in [0.1, 0.15) is 0 Å². The third kappa shape index (κ3) is 2.50. The Hall–Kier alpha value is -2.70. The minimum Gasteiger partial charge on any atom is -0.338 e. The Kier molecular flexibility index (Phi) is 3.82. The Morgan fingerprint density at radius 1 is 1.12 bits per heavy atom. The lowest BCUT2D eigenvalue weighted by Gasteiger charge is -2.31. The highest BCUT2D eigenvalue weighted by Gasteiger charge is 2.48. The summed E-state index contributed by atoms with van der Waals surface area (Å²) in [5.74, 6) is -0.633. The van der Waals surface area contributed by atoms with E-state index in [1.165, 1.54) is 6.92 Å². The summed E-state index contributed by atoms with van der Waals surface area (Å²) in [7, 11) is 0. The van der Waals surface area contributed by atoms with Crippen LogP contribution in [-0.4, -0.2) is 48.2 Å². The molecule has 26 heavy (non-hydrogen) atoms. The molecule has 7 nitrogen and oxygen atoms in total. The van der Waals surface area contributed by atoms with Crippen molar-refractivity contribution in [2.45, 2.75) is 32.6 Å². The Balaban J connectivity index is 1.58. The Labute approximate surface area is 151 Å². The number of fused-ring (bicyclic) bond motifs is 1. The number of benzene rings is 1. The molecule has 0 bridgehead atoms. The summed E-state index contributed by atoms with van der Waals surface area (Å²) < 4.78 is 0. The van der Waals surface area contributed by atoms with Crippen molar-refractivity contribution in [3.05, 3.63) is 29.3 Å². The van der Waals surface area contributed by atoms with Crippen molar-refractivity contribution in [3.63, 3.8) is 0 Å². The highest BCUT2D eigenvalue weighted by molar-refractivity contribution is 6.03. The van der Waals surface area contributed by atoms with Crippen molar-refractivity contribution in [3.8, 4) is 0 Å². The van der Waals surface area contributed by atoms with Crippen molar-refractivity contribution in [2.75, 3.05) is 24.5 Å². The maximum atomic E-state index is 13.1. The highest BCUT2D eigenvalue weighted by Crippen LogP contribution is 2.39. The second-order valence-electron chi connectivity index (χ2n) is 7.36. The molecular weight excluding hydrogens is 334 g/mol. The number of anilines is 1. The molecule has 0 saturated carbocycles. The van der Waals surface area contributed by atoms with Crippen LogP contribution >= 0.6 is 0 Å². The van der Waals surface area contributed by atoms with Crippen molar-refractivity contribution in [2.24, 2.45) is 5.41 Å². The van der Waals surface area contributed by atoms with E-state index in [9.17, 15) is 19.2 Å². The van der Waals surface area contributed by atoms with Crippen LogP contribution in [0.25, 0.3) is 0 Å². The number of amides is 4. The van der Waals surface area contributed by atoms with E-state index in [0.717, 1.165) is 11.3 Å². The number of likely N-dealkylation sites (tertiary alicyclic amines) is 1. The SMILES string of the molecule is CC(=O)N1CCc2c(C(=O)N3CCC4(CCC(=O)NC4=O)C3)cccc21. The van der Waals surface area contributed by atoms with Gasteiger partial charge in [0.05, 0.1) is 5.41 Å². The van der Waals surface area contributed by atoms with Crippen molar-refractivity contribution < 1.29 is 19.2 Å². The summed E-state index contributed by atoms with van der Waals surface area (Å²) in [4.78, 5) is 52.0. The predicted octanol–water partition coefficient (Wildman–Crippen LogP) is 0.865. The largest absolute Gasteiger partial charge is 0.338 e. The standard InChI is InChI=1S/C19H21N3O4/c1-12(23)22-9-6-13-14(3-2-4-15(13)22)17(25)21-10-8-19(11-21)7-5-16(24)20-18(19)26/h2-4H,5-11H2,1H3,(H,20,24,26). The number of rotatable bonds is 1. The molecule has 136 valence electrons. The Bertz CT molecular complexity index is 834. The summed E-state index contributed by atoms with van der Waals surface area (Å²) in [5, 5.41) is 2.41. The monoisotopic (exact) mass is 355 g/mol. The first-order valence-electron chi connectivity index (χ1n) is 8.95. The van der Waals surface area contributed by atoms with Gasteiger partial charge in [-0.1, -0.05) is 6.07 Å². The van der Waals surface area contributed by atoms with Gasteiger partial charge in [-0.15, -0.1) is 0 Å². The van der Waals surface area contributed by atoms with E-state index in [1.54, 1.807) is 21.9 Å². The molecule has 4 amide bonds. The lowest BCUT2D eigenvalue weighted by molar-refractivity contribution is -0.141. The average molecular weight is 355 g/mol. The zero-order valence-corrected chi connectivity index (χ0v) is 14.7. The van der Waals surface area contributed by atoms with Gasteiger partial charge < -0.3 is 9.80 Å². The molecule has 7 heteroatoms. The summed E-state index contributed by atoms with van der Waals surface area (Å²) in [5.41, 5.74) is 1.67. The molecule has 0 aliphatic carbocycles. The molecule has 1 atom stereocenters. The second kappa shape index (κ2) is 5.93. The first-order chi connectivity index (χ1) is 12.4. The third-order valence-electron chi connectivity index (χ3n) is 5.84. The first kappa shape index (κ1) is 16.8. The zero-order chi connectivity index (χ0) is 18.5. The molecular formula is C19H21N3O4. The second-order valence-corrected chi connectivity index (χ2v) is 7.36. The zero-order valence-electron chi connectivity index (χ0n) is 14.7. The molecule has 0 aromatic heterocycles. The Morgan fingerprint density at radius 3 is 2.65 bits per heavy atom. The van der Waals surface area contributed by atoms with Crippen LogP contribution < -0.4 is 10.2 Å². The van der Waals surface area contributed by atoms with Gasteiger partial charge in [0.25, 0.3) is 5.91 Å². The van der Waals surface area contributed by atoms with E-state index >= 15 is 0 Å². The first-order valence-corrected chi connectivity index (χ1v) is 8.95. The number of nitrogens with one attached hydrogen (secondary N) is 1. The molecule has 0 radical (unpaired) electrons. The number of imide groups is 1. The van der Waals surface area contributed by atoms with Crippen LogP contribution in [0.1, 0.15) is 42.1 Å². The topological polar surface area (TPSA) is 86.8 Å². The number of hydrogen-bond donors (Lipinski definition) is 1. The molecule has 3 aliphatic heterocycles. The summed E-state index contributed by atoms with van der Waals surface area (Å²) in [6, 6.07) is 5.46. The van der Waals surface area contributed by atoms with Crippen LogP contribution in [0, 0.1) is 5.41 Å². The smallest absolute Gasteiger partial charge is 0.254 e. The highest BCUT2D eigenvalue weighted by atomic mass is 16.2. The minimum atomic E-state index is -0.646. The lowest BCUT2D eigenvalue weighted by Crippen LogP contribution is -2.50. The van der Waals surface area contributed by atoms with Gasteiger partial charge >= 0.3 is 0 Å². The van der Waals surface area contributed by atoms with E-state index in [4.69, 9.17) is 0 Å². The number of carbonyl (C=O) groups excluding carboxylic acids is 4. The summed E-state index contributed by atoms with van der Waals surface area (Å²) in [6.07, 6.45) is 2.05. The van der Waals surface area contributed by atoms with Gasteiger partial charge in [0.15, 0.2) is 0 Å². The van der Waals surface area contributed by atoms with E-state index in [-0.39, 0.29) is 23.6 Å². The van der Waals surface area contributed by atoms with Crippen molar-refractivity contribution in [1.29, 1.82) is 0 Å². The van der Waals surface area contributed by atoms with Gasteiger partial charge in [-0.3, -0.25) is 24.5 Å². The number of carbonyl (C=O) groups is 4. The van der Waals surface area contributed by atoms with E-state index in [1.807, 2.05) is 6.07 Å². The molecule has 1 spiro atoms. The molecule has 4 rings (SSSR count). The molecule has 1 unspecified atom stereocenters. The number of hydrogen-bond acceptors (Lipinski definition) is 4. The van der Waals surface area contributed by atoms with Gasteiger partial charge in [-0.2, -0.15) is 0 Å². The summed E-state index contributed by atoms with van der Waals surface area (Å²) in [6.45, 7) is 2.95. The predicted molar refractivity (Wildman–Crippen MR) is 93.5 cm³/mol. The maximum absolute atomic E-state index is 13.1. The van der Waals surface area contributed by atoms with Gasteiger partial charge in [-0.25, -0.2) is 0 Å². The minimum absolute atomic E-state index is 0.0305. The molecule has 3 aliphatic rings. The normalized spacial score (nSPS) is 24.8. The van der Waals surface area contributed by atoms with Crippen LogP contribution in [-0.2, 0) is 20.8 Å². The maximum Gasteiger partial charge on any atom is 0.254 e. The molecule has 2 saturated heterocycles.